The van der Waals surface area contributed by atoms with Crippen LogP contribution in [0.1, 0.15) is 33.1 Å². The van der Waals surface area contributed by atoms with Crippen molar-refractivity contribution >= 4 is 11.9 Å². The van der Waals surface area contributed by atoms with E-state index in [4.69, 9.17) is 5.11 Å². The Morgan fingerprint density at radius 1 is 1.41 bits per heavy atom. The van der Waals surface area contributed by atoms with Gasteiger partial charge in [-0.1, -0.05) is 0 Å². The Balaban J connectivity index is 2.27. The molecule has 0 unspecified atom stereocenters. The lowest BCUT2D eigenvalue weighted by atomic mass is 10.2. The van der Waals surface area contributed by atoms with Gasteiger partial charge in [0, 0.05) is 12.6 Å². The number of nitrogens with zero attached hydrogens (tertiary/aromatic N) is 1. The maximum Gasteiger partial charge on any atom is 0.305 e. The lowest BCUT2D eigenvalue weighted by molar-refractivity contribution is -0.138. The highest BCUT2D eigenvalue weighted by atomic mass is 16.4. The van der Waals surface area contributed by atoms with Crippen molar-refractivity contribution in [2.24, 2.45) is 5.92 Å². The molecule has 1 amide bonds. The van der Waals surface area contributed by atoms with Crippen LogP contribution in [-0.2, 0) is 9.59 Å². The molecule has 2 N–H and O–H groups in total. The summed E-state index contributed by atoms with van der Waals surface area (Å²) >= 11 is 0. The van der Waals surface area contributed by atoms with E-state index in [-0.39, 0.29) is 24.9 Å². The highest BCUT2D eigenvalue weighted by Crippen LogP contribution is 2.27. The Morgan fingerprint density at radius 3 is 2.53 bits per heavy atom. The molecule has 1 rings (SSSR count). The molecule has 0 heterocycles. The third-order valence-corrected chi connectivity index (χ3v) is 2.92. The van der Waals surface area contributed by atoms with E-state index < -0.39 is 5.97 Å². The Hall–Kier alpha value is -1.10. The van der Waals surface area contributed by atoms with Crippen LogP contribution in [0.15, 0.2) is 0 Å². The first-order valence-corrected chi connectivity index (χ1v) is 6.22. The van der Waals surface area contributed by atoms with E-state index in [1.165, 1.54) is 12.8 Å². The van der Waals surface area contributed by atoms with E-state index in [9.17, 15) is 9.59 Å². The van der Waals surface area contributed by atoms with Crippen molar-refractivity contribution in [3.8, 4) is 0 Å². The normalized spacial score (nSPS) is 15.0. The minimum Gasteiger partial charge on any atom is -0.481 e. The molecule has 1 aliphatic carbocycles. The molecule has 98 valence electrons. The Bertz CT molecular complexity index is 275. The Morgan fingerprint density at radius 2 is 2.06 bits per heavy atom. The quantitative estimate of drug-likeness (QED) is 0.657. The molecular weight excluding hydrogens is 220 g/mol. The summed E-state index contributed by atoms with van der Waals surface area (Å²) in [6.45, 7) is 5.31. The van der Waals surface area contributed by atoms with Crippen molar-refractivity contribution in [1.82, 2.24) is 10.2 Å². The van der Waals surface area contributed by atoms with Crippen LogP contribution >= 0.6 is 0 Å². The van der Waals surface area contributed by atoms with Crippen molar-refractivity contribution in [3.63, 3.8) is 0 Å². The van der Waals surface area contributed by atoms with Gasteiger partial charge in [0.05, 0.1) is 13.0 Å². The highest BCUT2D eigenvalue weighted by molar-refractivity contribution is 5.79. The highest BCUT2D eigenvalue weighted by Gasteiger charge is 2.22. The van der Waals surface area contributed by atoms with Crippen LogP contribution in [0.4, 0.5) is 0 Å². The number of carbonyl (C=O) groups is 2. The first-order valence-electron chi connectivity index (χ1n) is 6.22. The van der Waals surface area contributed by atoms with Gasteiger partial charge in [0.2, 0.25) is 5.91 Å². The van der Waals surface area contributed by atoms with Gasteiger partial charge in [-0.15, -0.1) is 0 Å². The number of carboxylic acids is 1. The van der Waals surface area contributed by atoms with Gasteiger partial charge >= 0.3 is 5.97 Å². The second-order valence-corrected chi connectivity index (χ2v) is 4.90. The summed E-state index contributed by atoms with van der Waals surface area (Å²) < 4.78 is 0. The fraction of sp³-hybridized carbons (Fsp3) is 0.833. The minimum absolute atomic E-state index is 0.00649. The first kappa shape index (κ1) is 14.0. The monoisotopic (exact) mass is 242 g/mol. The van der Waals surface area contributed by atoms with E-state index in [0.29, 0.717) is 6.54 Å². The molecule has 0 spiro atoms. The van der Waals surface area contributed by atoms with Crippen LogP contribution in [0.2, 0.25) is 0 Å². The Labute approximate surface area is 102 Å². The predicted octanol–water partition coefficient (Wildman–Crippen LogP) is 0.698. The summed E-state index contributed by atoms with van der Waals surface area (Å²) in [4.78, 5) is 24.0. The third-order valence-electron chi connectivity index (χ3n) is 2.92. The lowest BCUT2D eigenvalue weighted by Crippen LogP contribution is -2.43. The van der Waals surface area contributed by atoms with Crippen molar-refractivity contribution in [2.75, 3.05) is 19.6 Å². The number of nitrogens with one attached hydrogen (secondary N) is 1. The molecule has 1 saturated carbocycles. The first-order chi connectivity index (χ1) is 8.00. The lowest BCUT2D eigenvalue weighted by Gasteiger charge is -2.26. The molecule has 0 aromatic heterocycles. The smallest absolute Gasteiger partial charge is 0.305 e. The second-order valence-electron chi connectivity index (χ2n) is 4.90. The Kier molecular flexibility index (Phi) is 5.41. The maximum atomic E-state index is 11.9. The minimum atomic E-state index is -0.866. The standard InChI is InChI=1S/C12H22N2O3/c1-9(2)14(6-5-12(16)17)11(15)8-13-7-10-3-4-10/h9-10,13H,3-8H2,1-2H3,(H,16,17). The van der Waals surface area contributed by atoms with Crippen LogP contribution in [0.25, 0.3) is 0 Å². The zero-order chi connectivity index (χ0) is 12.8. The summed E-state index contributed by atoms with van der Waals surface area (Å²) in [5.41, 5.74) is 0. The molecule has 0 aromatic carbocycles. The molecule has 0 atom stereocenters. The fourth-order valence-electron chi connectivity index (χ4n) is 1.69. The van der Waals surface area contributed by atoms with Crippen LogP contribution in [0.5, 0.6) is 0 Å². The fourth-order valence-corrected chi connectivity index (χ4v) is 1.69. The zero-order valence-electron chi connectivity index (χ0n) is 10.6. The van der Waals surface area contributed by atoms with Gasteiger partial charge in [-0.25, -0.2) is 0 Å². The van der Waals surface area contributed by atoms with E-state index in [1.807, 2.05) is 13.8 Å². The van der Waals surface area contributed by atoms with Gasteiger partial charge in [0.25, 0.3) is 0 Å². The predicted molar refractivity (Wildman–Crippen MR) is 64.7 cm³/mol. The van der Waals surface area contributed by atoms with Crippen molar-refractivity contribution in [2.45, 2.75) is 39.2 Å². The van der Waals surface area contributed by atoms with Gasteiger partial charge in [-0.3, -0.25) is 9.59 Å². The summed E-state index contributed by atoms with van der Waals surface area (Å²) in [6.07, 6.45) is 2.52. The van der Waals surface area contributed by atoms with Crippen LogP contribution < -0.4 is 5.32 Å². The average Bonchev–Trinajstić information content (AvgIpc) is 3.00. The molecule has 0 bridgehead atoms. The van der Waals surface area contributed by atoms with Crippen molar-refractivity contribution in [1.29, 1.82) is 0 Å². The molecule has 0 aliphatic heterocycles. The third kappa shape index (κ3) is 5.68. The van der Waals surface area contributed by atoms with Crippen molar-refractivity contribution < 1.29 is 14.7 Å². The summed E-state index contributed by atoms with van der Waals surface area (Å²) in [6, 6.07) is 0.0459. The van der Waals surface area contributed by atoms with Crippen LogP contribution in [-0.4, -0.2) is 47.6 Å². The number of amides is 1. The van der Waals surface area contributed by atoms with Crippen LogP contribution in [0.3, 0.4) is 0 Å². The number of rotatable bonds is 8. The average molecular weight is 242 g/mol. The van der Waals surface area contributed by atoms with Gasteiger partial charge in [-0.2, -0.15) is 0 Å². The second kappa shape index (κ2) is 6.59. The van der Waals surface area contributed by atoms with Gasteiger partial charge in [-0.05, 0) is 39.2 Å². The molecule has 17 heavy (non-hydrogen) atoms. The van der Waals surface area contributed by atoms with Crippen LogP contribution in [0, 0.1) is 5.92 Å². The summed E-state index contributed by atoms with van der Waals surface area (Å²) in [5, 5.41) is 11.8. The molecule has 0 saturated heterocycles. The number of hydrogen-bond acceptors (Lipinski definition) is 3. The van der Waals surface area contributed by atoms with E-state index in [2.05, 4.69) is 5.32 Å². The zero-order valence-corrected chi connectivity index (χ0v) is 10.6. The van der Waals surface area contributed by atoms with Gasteiger partial charge in [0.1, 0.15) is 0 Å². The summed E-state index contributed by atoms with van der Waals surface area (Å²) in [7, 11) is 0. The SMILES string of the molecule is CC(C)N(CCC(=O)O)C(=O)CNCC1CC1. The molecule has 0 aromatic rings. The van der Waals surface area contributed by atoms with Gasteiger partial charge in [0.15, 0.2) is 0 Å². The molecular formula is C12H22N2O3. The van der Waals surface area contributed by atoms with E-state index in [0.717, 1.165) is 12.5 Å². The maximum absolute atomic E-state index is 11.9. The van der Waals surface area contributed by atoms with Gasteiger partial charge < -0.3 is 15.3 Å². The largest absolute Gasteiger partial charge is 0.481 e. The molecule has 5 heteroatoms. The number of carboxylic acid groups (broad SMARTS) is 1. The topological polar surface area (TPSA) is 69.6 Å². The number of carbonyl (C=O) groups excluding carboxylic acids is 1. The van der Waals surface area contributed by atoms with E-state index in [1.54, 1.807) is 4.90 Å². The summed E-state index contributed by atoms with van der Waals surface area (Å²) in [5.74, 6) is -0.134. The molecule has 1 aliphatic rings. The number of hydrogen-bond donors (Lipinski definition) is 2. The molecule has 0 radical (unpaired) electrons. The van der Waals surface area contributed by atoms with E-state index >= 15 is 0 Å². The molecule has 1 fully saturated rings. The number of aliphatic carboxylic acids is 1. The molecule has 5 nitrogen and oxygen atoms in total. The van der Waals surface area contributed by atoms with Crippen molar-refractivity contribution in [3.05, 3.63) is 0 Å².